The van der Waals surface area contributed by atoms with Crippen LogP contribution in [0.15, 0.2) is 34.8 Å². The van der Waals surface area contributed by atoms with Crippen LogP contribution >= 0.6 is 0 Å². The molecule has 0 unspecified atom stereocenters. The van der Waals surface area contributed by atoms with Gasteiger partial charge in [0.1, 0.15) is 5.84 Å². The molecule has 1 heterocycles. The molecule has 7 atom stereocenters. The number of benzene rings is 1. The smallest absolute Gasteiger partial charge is 0.126 e. The van der Waals surface area contributed by atoms with E-state index < -0.39 is 0 Å². The van der Waals surface area contributed by atoms with E-state index in [0.29, 0.717) is 22.9 Å². The second-order valence-electron chi connectivity index (χ2n) is 13.6. The highest BCUT2D eigenvalue weighted by Gasteiger charge is 2.58. The highest BCUT2D eigenvalue weighted by atomic mass is 16.5. The molecule has 3 saturated carbocycles. The molecule has 6 rings (SSSR count). The van der Waals surface area contributed by atoms with Crippen molar-refractivity contribution in [3.63, 3.8) is 0 Å². The standard InChI is InChI=1S/C31H44N2O/c1-29(2,3)34-22-12-14-30(4)21(17-22)7-9-24-26-11-10-25(31(26,5)15-13-27(24)30)19-6-8-23-20(16-19)18-33-28(23)32/h6-8,16,22,24-27H,9-15,17-18H2,1-5H3,(H2,32,33)/t22-,24-,25+,26-,27-,30-,31+/m0/s1. The van der Waals surface area contributed by atoms with E-state index in [-0.39, 0.29) is 5.60 Å². The minimum Gasteiger partial charge on any atom is -0.383 e. The Balaban J connectivity index is 1.24. The van der Waals surface area contributed by atoms with Gasteiger partial charge in [0.05, 0.1) is 18.2 Å². The number of allylic oxidation sites excluding steroid dienone is 1. The predicted molar refractivity (Wildman–Crippen MR) is 140 cm³/mol. The fourth-order valence-corrected chi connectivity index (χ4v) is 9.24. The maximum absolute atomic E-state index is 6.44. The third-order valence-corrected chi connectivity index (χ3v) is 10.8. The van der Waals surface area contributed by atoms with E-state index in [1.165, 1.54) is 50.5 Å². The Morgan fingerprint density at radius 3 is 2.65 bits per heavy atom. The van der Waals surface area contributed by atoms with Crippen LogP contribution in [0.4, 0.5) is 0 Å². The van der Waals surface area contributed by atoms with Crippen molar-refractivity contribution in [1.82, 2.24) is 0 Å². The van der Waals surface area contributed by atoms with E-state index in [1.54, 1.807) is 11.1 Å². The number of aliphatic imine (C=N–C) groups is 1. The number of nitrogens with zero attached hydrogens (tertiary/aromatic N) is 1. The normalized spacial score (nSPS) is 41.1. The van der Waals surface area contributed by atoms with Crippen LogP contribution in [0.3, 0.4) is 0 Å². The summed E-state index contributed by atoms with van der Waals surface area (Å²) in [5.41, 5.74) is 12.6. The number of hydrogen-bond acceptors (Lipinski definition) is 3. The minimum atomic E-state index is -0.0446. The van der Waals surface area contributed by atoms with Crippen LogP contribution in [-0.4, -0.2) is 17.5 Å². The number of nitrogens with two attached hydrogens (primary N) is 1. The Morgan fingerprint density at radius 1 is 1.03 bits per heavy atom. The van der Waals surface area contributed by atoms with Gasteiger partial charge in [0.15, 0.2) is 0 Å². The summed E-state index contributed by atoms with van der Waals surface area (Å²) in [5.74, 6) is 3.96. The second kappa shape index (κ2) is 7.69. The van der Waals surface area contributed by atoms with Crippen molar-refractivity contribution in [2.45, 2.75) is 110 Å². The van der Waals surface area contributed by atoms with Crippen molar-refractivity contribution in [2.24, 2.45) is 39.3 Å². The van der Waals surface area contributed by atoms with Gasteiger partial charge in [-0.15, -0.1) is 0 Å². The quantitative estimate of drug-likeness (QED) is 0.477. The van der Waals surface area contributed by atoms with E-state index in [4.69, 9.17) is 10.5 Å². The lowest BCUT2D eigenvalue weighted by Gasteiger charge is -2.58. The molecule has 0 saturated heterocycles. The van der Waals surface area contributed by atoms with E-state index in [1.807, 2.05) is 0 Å². The lowest BCUT2D eigenvalue weighted by molar-refractivity contribution is -0.0922. The maximum Gasteiger partial charge on any atom is 0.126 e. The van der Waals surface area contributed by atoms with Crippen LogP contribution in [0.25, 0.3) is 0 Å². The summed E-state index contributed by atoms with van der Waals surface area (Å²) in [4.78, 5) is 4.47. The molecule has 1 aromatic rings. The molecule has 3 fully saturated rings. The van der Waals surface area contributed by atoms with E-state index >= 15 is 0 Å². The molecule has 0 bridgehead atoms. The van der Waals surface area contributed by atoms with Gasteiger partial charge in [-0.25, -0.2) is 0 Å². The van der Waals surface area contributed by atoms with Gasteiger partial charge in [0, 0.05) is 5.56 Å². The van der Waals surface area contributed by atoms with Gasteiger partial charge in [-0.3, -0.25) is 4.99 Å². The fourth-order valence-electron chi connectivity index (χ4n) is 9.24. The monoisotopic (exact) mass is 460 g/mol. The van der Waals surface area contributed by atoms with Gasteiger partial charge in [0.25, 0.3) is 0 Å². The Labute approximate surface area is 206 Å². The Hall–Kier alpha value is -1.61. The van der Waals surface area contributed by atoms with Gasteiger partial charge < -0.3 is 10.5 Å². The first kappa shape index (κ1) is 22.8. The van der Waals surface area contributed by atoms with Gasteiger partial charge in [-0.2, -0.15) is 0 Å². The van der Waals surface area contributed by atoms with Gasteiger partial charge in [-0.05, 0) is 118 Å². The number of hydrogen-bond donors (Lipinski definition) is 1. The molecule has 0 aromatic heterocycles. The summed E-state index contributed by atoms with van der Waals surface area (Å²) < 4.78 is 6.44. The average molecular weight is 461 g/mol. The molecule has 0 amide bonds. The Kier molecular flexibility index (Phi) is 5.16. The van der Waals surface area contributed by atoms with E-state index in [9.17, 15) is 0 Å². The molecule has 1 aromatic carbocycles. The molecular weight excluding hydrogens is 416 g/mol. The summed E-state index contributed by atoms with van der Waals surface area (Å²) >= 11 is 0. The lowest BCUT2D eigenvalue weighted by atomic mass is 9.47. The molecular formula is C31H44N2O. The molecule has 2 N–H and O–H groups in total. The molecule has 1 aliphatic heterocycles. The first-order chi connectivity index (χ1) is 16.1. The van der Waals surface area contributed by atoms with Gasteiger partial charge >= 0.3 is 0 Å². The zero-order chi connectivity index (χ0) is 23.9. The maximum atomic E-state index is 6.44. The largest absolute Gasteiger partial charge is 0.383 e. The summed E-state index contributed by atoms with van der Waals surface area (Å²) in [6.07, 6.45) is 13.6. The van der Waals surface area contributed by atoms with E-state index in [2.05, 4.69) is 63.9 Å². The molecule has 5 aliphatic rings. The lowest BCUT2D eigenvalue weighted by Crippen LogP contribution is -2.50. The Bertz CT molecular complexity index is 1050. The van der Waals surface area contributed by atoms with Crippen molar-refractivity contribution in [2.75, 3.05) is 0 Å². The van der Waals surface area contributed by atoms with Crippen LogP contribution in [0.1, 0.15) is 109 Å². The van der Waals surface area contributed by atoms with Crippen LogP contribution in [0, 0.1) is 28.6 Å². The van der Waals surface area contributed by atoms with Crippen molar-refractivity contribution < 1.29 is 4.74 Å². The zero-order valence-electron chi connectivity index (χ0n) is 22.0. The molecule has 0 spiro atoms. The van der Waals surface area contributed by atoms with Gasteiger partial charge in [-0.1, -0.05) is 43.7 Å². The van der Waals surface area contributed by atoms with Crippen molar-refractivity contribution in [3.8, 4) is 0 Å². The van der Waals surface area contributed by atoms with Crippen LogP contribution in [0.5, 0.6) is 0 Å². The molecule has 4 aliphatic carbocycles. The van der Waals surface area contributed by atoms with Crippen molar-refractivity contribution in [3.05, 3.63) is 46.5 Å². The predicted octanol–water partition coefficient (Wildman–Crippen LogP) is 7.14. The molecule has 34 heavy (non-hydrogen) atoms. The van der Waals surface area contributed by atoms with Crippen LogP contribution in [0.2, 0.25) is 0 Å². The van der Waals surface area contributed by atoms with Crippen LogP contribution in [-0.2, 0) is 11.3 Å². The molecule has 3 heteroatoms. The fraction of sp³-hybridized carbons (Fsp3) is 0.710. The molecule has 0 radical (unpaired) electrons. The highest BCUT2D eigenvalue weighted by Crippen LogP contribution is 2.68. The number of ether oxygens (including phenoxy) is 1. The average Bonchev–Trinajstić information content (AvgIpc) is 3.32. The minimum absolute atomic E-state index is 0.0446. The summed E-state index contributed by atoms with van der Waals surface area (Å²) in [6.45, 7) is 12.6. The number of rotatable bonds is 2. The van der Waals surface area contributed by atoms with E-state index in [0.717, 1.165) is 42.1 Å². The van der Waals surface area contributed by atoms with Crippen LogP contribution < -0.4 is 5.73 Å². The molecule has 3 nitrogen and oxygen atoms in total. The first-order valence-electron chi connectivity index (χ1n) is 13.9. The number of fused-ring (bicyclic) bond motifs is 6. The third kappa shape index (κ3) is 3.44. The SMILES string of the molecule is CC(C)(C)O[C@H]1CC[C@@]2(C)C(=CC[C@H]3[C@@H]4CC[C@H](c5ccc6c(c5)CN=C6N)[C@@]4(C)CC[C@@H]32)C1. The zero-order valence-corrected chi connectivity index (χ0v) is 22.0. The van der Waals surface area contributed by atoms with Crippen molar-refractivity contribution in [1.29, 1.82) is 0 Å². The van der Waals surface area contributed by atoms with Gasteiger partial charge in [0.2, 0.25) is 0 Å². The third-order valence-electron chi connectivity index (χ3n) is 10.8. The topological polar surface area (TPSA) is 47.6 Å². The summed E-state index contributed by atoms with van der Waals surface area (Å²) in [7, 11) is 0. The summed E-state index contributed by atoms with van der Waals surface area (Å²) in [6, 6.07) is 7.06. The summed E-state index contributed by atoms with van der Waals surface area (Å²) in [5, 5.41) is 0. The highest BCUT2D eigenvalue weighted by molar-refractivity contribution is 6.00. The molecule has 184 valence electrons. The Morgan fingerprint density at radius 2 is 1.85 bits per heavy atom. The first-order valence-corrected chi connectivity index (χ1v) is 13.9. The number of amidine groups is 1. The van der Waals surface area contributed by atoms with Crippen molar-refractivity contribution >= 4 is 5.84 Å². The second-order valence-corrected chi connectivity index (χ2v) is 13.6.